The highest BCUT2D eigenvalue weighted by molar-refractivity contribution is 6.35. The van der Waals surface area contributed by atoms with Crippen LogP contribution >= 0.6 is 23.2 Å². The number of carboxylic acids is 1. The van der Waals surface area contributed by atoms with E-state index in [2.05, 4.69) is 0 Å². The van der Waals surface area contributed by atoms with Crippen molar-refractivity contribution in [3.63, 3.8) is 0 Å². The Labute approximate surface area is 109 Å². The Morgan fingerprint density at radius 2 is 2.06 bits per heavy atom. The smallest absolute Gasteiger partial charge is 0.306 e. The van der Waals surface area contributed by atoms with Gasteiger partial charge in [0, 0.05) is 10.6 Å². The summed E-state index contributed by atoms with van der Waals surface area (Å²) in [6, 6.07) is 2.90. The molecule has 0 spiro atoms. The third-order valence-electron chi connectivity index (χ3n) is 2.29. The van der Waals surface area contributed by atoms with Gasteiger partial charge in [0.15, 0.2) is 0 Å². The molecule has 0 radical (unpaired) electrons. The molecule has 0 bridgehead atoms. The fraction of sp³-hybridized carbons (Fsp3) is 0.364. The van der Waals surface area contributed by atoms with E-state index in [1.807, 2.05) is 0 Å². The Morgan fingerprint density at radius 3 is 2.53 bits per heavy atom. The van der Waals surface area contributed by atoms with Crippen molar-refractivity contribution in [2.45, 2.75) is 18.9 Å². The van der Waals surface area contributed by atoms with E-state index in [0.717, 1.165) is 0 Å². The average molecular weight is 279 g/mol. The number of benzene rings is 1. The van der Waals surface area contributed by atoms with Gasteiger partial charge in [-0.1, -0.05) is 23.2 Å². The molecule has 1 rings (SSSR count). The summed E-state index contributed by atoms with van der Waals surface area (Å²) in [7, 11) is 1.38. The Kier molecular flexibility index (Phi) is 4.25. The van der Waals surface area contributed by atoms with Crippen molar-refractivity contribution in [1.29, 1.82) is 0 Å². The summed E-state index contributed by atoms with van der Waals surface area (Å²) in [4.78, 5) is 10.7. The zero-order valence-corrected chi connectivity index (χ0v) is 10.8. The molecule has 0 heterocycles. The lowest BCUT2D eigenvalue weighted by Gasteiger charge is -2.24. The largest absolute Gasteiger partial charge is 0.495 e. The zero-order valence-electron chi connectivity index (χ0n) is 9.33. The maximum atomic E-state index is 10.7. The maximum absolute atomic E-state index is 10.7. The van der Waals surface area contributed by atoms with E-state index in [1.54, 1.807) is 0 Å². The van der Waals surface area contributed by atoms with Crippen LogP contribution in [0.15, 0.2) is 12.1 Å². The molecule has 0 fully saturated rings. The first-order valence-corrected chi connectivity index (χ1v) is 5.51. The molecule has 0 aliphatic carbocycles. The fourth-order valence-corrected chi connectivity index (χ4v) is 2.13. The Morgan fingerprint density at radius 1 is 1.47 bits per heavy atom. The molecule has 1 unspecified atom stereocenters. The average Bonchev–Trinajstić information content (AvgIpc) is 2.14. The molecule has 1 aromatic carbocycles. The van der Waals surface area contributed by atoms with Crippen LogP contribution in [0.3, 0.4) is 0 Å². The molecule has 94 valence electrons. The van der Waals surface area contributed by atoms with Crippen molar-refractivity contribution in [2.24, 2.45) is 0 Å². The molecule has 0 saturated heterocycles. The van der Waals surface area contributed by atoms with Gasteiger partial charge in [-0.15, -0.1) is 0 Å². The van der Waals surface area contributed by atoms with Crippen molar-refractivity contribution in [2.75, 3.05) is 7.11 Å². The normalized spacial score (nSPS) is 14.2. The summed E-state index contributed by atoms with van der Waals surface area (Å²) in [6.07, 6.45) is -0.472. The van der Waals surface area contributed by atoms with Crippen LogP contribution in [0.1, 0.15) is 18.9 Å². The summed E-state index contributed by atoms with van der Waals surface area (Å²) in [5, 5.41) is 19.4. The molecule has 0 amide bonds. The second-order valence-corrected chi connectivity index (χ2v) is 4.66. The topological polar surface area (TPSA) is 66.8 Å². The molecule has 0 aliphatic rings. The third kappa shape index (κ3) is 3.25. The summed E-state index contributed by atoms with van der Waals surface area (Å²) < 4.78 is 5.06. The molecule has 0 aliphatic heterocycles. The molecular weight excluding hydrogens is 267 g/mol. The third-order valence-corrected chi connectivity index (χ3v) is 2.79. The molecule has 17 heavy (non-hydrogen) atoms. The monoisotopic (exact) mass is 278 g/mol. The highest BCUT2D eigenvalue weighted by atomic mass is 35.5. The van der Waals surface area contributed by atoms with E-state index in [9.17, 15) is 9.90 Å². The number of halogens is 2. The first kappa shape index (κ1) is 14.1. The van der Waals surface area contributed by atoms with Crippen LogP contribution in [0.5, 0.6) is 5.75 Å². The lowest BCUT2D eigenvalue weighted by molar-refractivity contribution is -0.142. The summed E-state index contributed by atoms with van der Waals surface area (Å²) in [5.74, 6) is -0.907. The lowest BCUT2D eigenvalue weighted by atomic mass is 9.91. The van der Waals surface area contributed by atoms with Crippen LogP contribution in [0.4, 0.5) is 0 Å². The van der Waals surface area contributed by atoms with Crippen LogP contribution in [-0.2, 0) is 10.4 Å². The van der Waals surface area contributed by atoms with Crippen molar-refractivity contribution >= 4 is 29.2 Å². The van der Waals surface area contributed by atoms with Crippen LogP contribution < -0.4 is 4.74 Å². The van der Waals surface area contributed by atoms with E-state index in [0.29, 0.717) is 5.02 Å². The highest BCUT2D eigenvalue weighted by Gasteiger charge is 2.31. The van der Waals surface area contributed by atoms with Crippen molar-refractivity contribution in [3.8, 4) is 5.75 Å². The van der Waals surface area contributed by atoms with Crippen LogP contribution in [0.25, 0.3) is 0 Å². The Hall–Kier alpha value is -0.970. The first-order chi connectivity index (χ1) is 7.77. The minimum atomic E-state index is -1.61. The predicted octanol–water partition coefficient (Wildman–Crippen LogP) is 2.68. The number of ether oxygens (including phenoxy) is 1. The minimum Gasteiger partial charge on any atom is -0.495 e. The number of hydrogen-bond acceptors (Lipinski definition) is 3. The number of carbonyl (C=O) groups is 1. The van der Waals surface area contributed by atoms with E-state index in [1.165, 1.54) is 26.2 Å². The van der Waals surface area contributed by atoms with Gasteiger partial charge in [0.1, 0.15) is 11.4 Å². The quantitative estimate of drug-likeness (QED) is 0.889. The zero-order chi connectivity index (χ0) is 13.2. The molecule has 0 aromatic heterocycles. The molecule has 4 nitrogen and oxygen atoms in total. The van der Waals surface area contributed by atoms with Crippen LogP contribution in [0, 0.1) is 0 Å². The summed E-state index contributed by atoms with van der Waals surface area (Å²) >= 11 is 11.7. The van der Waals surface area contributed by atoms with Gasteiger partial charge in [-0.05, 0) is 19.1 Å². The minimum absolute atomic E-state index is 0.223. The van der Waals surface area contributed by atoms with E-state index >= 15 is 0 Å². The number of methoxy groups -OCH3 is 1. The molecule has 2 N–H and O–H groups in total. The van der Waals surface area contributed by atoms with E-state index < -0.39 is 18.0 Å². The molecular formula is C11H12Cl2O4. The number of rotatable bonds is 4. The Balaban J connectivity index is 3.33. The van der Waals surface area contributed by atoms with E-state index in [-0.39, 0.29) is 16.3 Å². The van der Waals surface area contributed by atoms with Crippen molar-refractivity contribution in [3.05, 3.63) is 27.7 Å². The Bertz CT molecular complexity index is 443. The van der Waals surface area contributed by atoms with Crippen LogP contribution in [0.2, 0.25) is 10.0 Å². The van der Waals surface area contributed by atoms with Gasteiger partial charge in [-0.25, -0.2) is 0 Å². The highest BCUT2D eigenvalue weighted by Crippen LogP contribution is 2.39. The predicted molar refractivity (Wildman–Crippen MR) is 64.8 cm³/mol. The standard InChI is InChI=1S/C11H12Cl2O4/c1-11(16,5-9(14)15)7-3-6(12)4-8(13)10(7)17-2/h3-4,16H,5H2,1-2H3,(H,14,15). The van der Waals surface area contributed by atoms with Gasteiger partial charge in [0.2, 0.25) is 0 Å². The summed E-state index contributed by atoms with van der Waals surface area (Å²) in [6.45, 7) is 1.37. The number of carboxylic acid groups (broad SMARTS) is 1. The van der Waals surface area contributed by atoms with Gasteiger partial charge < -0.3 is 14.9 Å². The maximum Gasteiger partial charge on any atom is 0.306 e. The molecule has 6 heteroatoms. The SMILES string of the molecule is COc1c(Cl)cc(Cl)cc1C(C)(O)CC(=O)O. The van der Waals surface area contributed by atoms with Gasteiger partial charge in [-0.2, -0.15) is 0 Å². The first-order valence-electron chi connectivity index (χ1n) is 4.75. The molecule has 1 aromatic rings. The van der Waals surface area contributed by atoms with Crippen molar-refractivity contribution in [1.82, 2.24) is 0 Å². The van der Waals surface area contributed by atoms with Gasteiger partial charge in [-0.3, -0.25) is 4.79 Å². The number of hydrogen-bond donors (Lipinski definition) is 2. The van der Waals surface area contributed by atoms with Gasteiger partial charge >= 0.3 is 5.97 Å². The number of aliphatic carboxylic acids is 1. The number of aliphatic hydroxyl groups is 1. The molecule has 1 atom stereocenters. The fourth-order valence-electron chi connectivity index (χ4n) is 1.56. The summed E-state index contributed by atoms with van der Waals surface area (Å²) in [5.41, 5.74) is -1.36. The van der Waals surface area contributed by atoms with Crippen molar-refractivity contribution < 1.29 is 19.7 Å². The second-order valence-electron chi connectivity index (χ2n) is 3.81. The molecule has 0 saturated carbocycles. The lowest BCUT2D eigenvalue weighted by Crippen LogP contribution is -2.25. The van der Waals surface area contributed by atoms with Gasteiger partial charge in [0.05, 0.1) is 18.6 Å². The van der Waals surface area contributed by atoms with Crippen LogP contribution in [-0.4, -0.2) is 23.3 Å². The van der Waals surface area contributed by atoms with E-state index in [4.69, 9.17) is 33.0 Å². The van der Waals surface area contributed by atoms with Gasteiger partial charge in [0.25, 0.3) is 0 Å². The second kappa shape index (κ2) is 5.12.